The zero-order chi connectivity index (χ0) is 17.5. The molecule has 24 heavy (non-hydrogen) atoms. The number of aromatic nitrogens is 1. The van der Waals surface area contributed by atoms with E-state index in [0.717, 1.165) is 5.56 Å². The molecule has 0 aliphatic rings. The normalized spacial score (nSPS) is 11.4. The van der Waals surface area contributed by atoms with Crippen LogP contribution in [0.5, 0.6) is 0 Å². The fraction of sp³-hybridized carbons (Fsp3) is 0.0556. The Hall–Kier alpha value is -3.59. The van der Waals surface area contributed by atoms with E-state index in [0.29, 0.717) is 23.9 Å². The van der Waals surface area contributed by atoms with Gasteiger partial charge in [-0.3, -0.25) is 4.79 Å². The van der Waals surface area contributed by atoms with E-state index in [1.807, 2.05) is 22.9 Å². The quantitative estimate of drug-likeness (QED) is 0.628. The molecule has 1 aromatic carbocycles. The zero-order valence-corrected chi connectivity index (χ0v) is 12.6. The average Bonchev–Trinajstić information content (AvgIpc) is 3.00. The molecule has 1 aromatic heterocycles. The minimum absolute atomic E-state index is 0.459. The van der Waals surface area contributed by atoms with Crippen molar-refractivity contribution >= 4 is 17.8 Å². The van der Waals surface area contributed by atoms with Crippen LogP contribution in [0.25, 0.3) is 6.08 Å². The van der Waals surface area contributed by atoms with E-state index in [-0.39, 0.29) is 0 Å². The van der Waals surface area contributed by atoms with E-state index in [1.165, 1.54) is 12.2 Å². The Kier molecular flexibility index (Phi) is 5.32. The van der Waals surface area contributed by atoms with Crippen molar-refractivity contribution in [1.82, 2.24) is 4.57 Å². The van der Waals surface area contributed by atoms with Crippen LogP contribution in [-0.2, 0) is 16.1 Å². The maximum atomic E-state index is 11.6. The first-order valence-corrected chi connectivity index (χ1v) is 7.00. The number of aliphatic carboxylic acids is 1. The summed E-state index contributed by atoms with van der Waals surface area (Å²) in [5.74, 6) is -3.21. The molecule has 0 saturated carbocycles. The van der Waals surface area contributed by atoms with Gasteiger partial charge < -0.3 is 14.8 Å². The van der Waals surface area contributed by atoms with Gasteiger partial charge in [0, 0.05) is 24.5 Å². The molecule has 6 nitrogen and oxygen atoms in total. The molecule has 0 spiro atoms. The Balaban J connectivity index is 2.18. The number of aliphatic hydroxyl groups excluding tert-OH is 1. The summed E-state index contributed by atoms with van der Waals surface area (Å²) >= 11 is 0. The summed E-state index contributed by atoms with van der Waals surface area (Å²) in [5.41, 5.74) is 2.13. The van der Waals surface area contributed by atoms with Gasteiger partial charge in [0.2, 0.25) is 5.76 Å². The Morgan fingerprint density at radius 3 is 2.62 bits per heavy atom. The number of ketones is 1. The van der Waals surface area contributed by atoms with Crippen molar-refractivity contribution in [1.29, 1.82) is 5.26 Å². The highest BCUT2D eigenvalue weighted by molar-refractivity contribution is 6.05. The lowest BCUT2D eigenvalue weighted by Gasteiger charge is -2.08. The summed E-state index contributed by atoms with van der Waals surface area (Å²) in [5, 5.41) is 26.7. The average molecular weight is 322 g/mol. The van der Waals surface area contributed by atoms with Crippen LogP contribution in [0.2, 0.25) is 0 Å². The Morgan fingerprint density at radius 1 is 1.17 bits per heavy atom. The Labute approximate surface area is 138 Å². The second-order valence-electron chi connectivity index (χ2n) is 4.90. The number of carboxylic acids is 1. The van der Waals surface area contributed by atoms with Crippen LogP contribution in [0.4, 0.5) is 0 Å². The van der Waals surface area contributed by atoms with Crippen molar-refractivity contribution in [2.75, 3.05) is 0 Å². The number of aliphatic hydroxyl groups is 1. The SMILES string of the molecule is N#Cc1ccccc1Cn1cccc1/C=C/C(=O)/C=C(\O)C(=O)O. The first kappa shape index (κ1) is 16.8. The van der Waals surface area contributed by atoms with E-state index in [9.17, 15) is 9.59 Å². The number of carbonyl (C=O) groups excluding carboxylic acids is 1. The van der Waals surface area contributed by atoms with Gasteiger partial charge in [-0.1, -0.05) is 18.2 Å². The van der Waals surface area contributed by atoms with Crippen LogP contribution in [-0.4, -0.2) is 26.5 Å². The zero-order valence-electron chi connectivity index (χ0n) is 12.6. The third-order valence-electron chi connectivity index (χ3n) is 3.26. The first-order valence-electron chi connectivity index (χ1n) is 7.00. The minimum Gasteiger partial charge on any atom is -0.502 e. The van der Waals surface area contributed by atoms with Crippen molar-refractivity contribution < 1.29 is 19.8 Å². The highest BCUT2D eigenvalue weighted by Gasteiger charge is 2.06. The molecule has 0 saturated heterocycles. The van der Waals surface area contributed by atoms with E-state index in [4.69, 9.17) is 15.5 Å². The summed E-state index contributed by atoms with van der Waals surface area (Å²) in [6, 6.07) is 12.9. The van der Waals surface area contributed by atoms with Crippen molar-refractivity contribution in [3.63, 3.8) is 0 Å². The number of carbonyl (C=O) groups is 2. The van der Waals surface area contributed by atoms with Gasteiger partial charge in [-0.05, 0) is 35.9 Å². The third-order valence-corrected chi connectivity index (χ3v) is 3.26. The molecular weight excluding hydrogens is 308 g/mol. The predicted octanol–water partition coefficient (Wildman–Crippen LogP) is 2.52. The number of hydrogen-bond donors (Lipinski definition) is 2. The fourth-order valence-corrected chi connectivity index (χ4v) is 2.09. The smallest absolute Gasteiger partial charge is 0.371 e. The van der Waals surface area contributed by atoms with Crippen molar-refractivity contribution in [3.8, 4) is 6.07 Å². The summed E-state index contributed by atoms with van der Waals surface area (Å²) in [4.78, 5) is 22.0. The van der Waals surface area contributed by atoms with Crippen molar-refractivity contribution in [2.45, 2.75) is 6.54 Å². The molecule has 2 aromatic rings. The van der Waals surface area contributed by atoms with Crippen LogP contribution >= 0.6 is 0 Å². The lowest BCUT2D eigenvalue weighted by atomic mass is 10.1. The van der Waals surface area contributed by atoms with Gasteiger partial charge in [-0.2, -0.15) is 5.26 Å². The van der Waals surface area contributed by atoms with Crippen LogP contribution < -0.4 is 0 Å². The van der Waals surface area contributed by atoms with Gasteiger partial charge >= 0.3 is 5.97 Å². The van der Waals surface area contributed by atoms with Gasteiger partial charge in [-0.25, -0.2) is 4.79 Å². The molecule has 0 fully saturated rings. The van der Waals surface area contributed by atoms with Crippen LogP contribution in [0.1, 0.15) is 16.8 Å². The van der Waals surface area contributed by atoms with E-state index >= 15 is 0 Å². The Bertz CT molecular complexity index is 869. The standard InChI is InChI=1S/C18H14N2O4/c19-11-13-4-1-2-5-14(13)12-20-9-3-6-15(20)7-8-16(21)10-17(22)18(23)24/h1-10,22H,12H2,(H,23,24)/b8-7+,17-10-. The summed E-state index contributed by atoms with van der Waals surface area (Å²) in [7, 11) is 0. The molecular formula is C18H14N2O4. The molecule has 0 atom stereocenters. The number of rotatable bonds is 6. The van der Waals surface area contributed by atoms with E-state index < -0.39 is 17.5 Å². The van der Waals surface area contributed by atoms with Gasteiger partial charge in [0.25, 0.3) is 0 Å². The summed E-state index contributed by atoms with van der Waals surface area (Å²) in [6.07, 6.45) is 5.13. The van der Waals surface area contributed by atoms with Gasteiger partial charge in [0.05, 0.1) is 11.6 Å². The number of hydrogen-bond acceptors (Lipinski definition) is 4. The largest absolute Gasteiger partial charge is 0.502 e. The third kappa shape index (κ3) is 4.21. The second-order valence-corrected chi connectivity index (χ2v) is 4.90. The minimum atomic E-state index is -1.56. The predicted molar refractivity (Wildman–Crippen MR) is 87.1 cm³/mol. The second kappa shape index (κ2) is 7.61. The Morgan fingerprint density at radius 2 is 1.92 bits per heavy atom. The highest BCUT2D eigenvalue weighted by atomic mass is 16.4. The van der Waals surface area contributed by atoms with Crippen LogP contribution in [0, 0.1) is 11.3 Å². The molecule has 0 bridgehead atoms. The van der Waals surface area contributed by atoms with Crippen LogP contribution in [0.3, 0.4) is 0 Å². The molecule has 0 aliphatic heterocycles. The summed E-state index contributed by atoms with van der Waals surface area (Å²) in [6.45, 7) is 0.459. The summed E-state index contributed by atoms with van der Waals surface area (Å²) < 4.78 is 1.85. The molecule has 0 aliphatic carbocycles. The van der Waals surface area contributed by atoms with Gasteiger partial charge in [0.15, 0.2) is 5.78 Å². The molecule has 1 heterocycles. The van der Waals surface area contributed by atoms with Crippen LogP contribution in [0.15, 0.2) is 60.5 Å². The highest BCUT2D eigenvalue weighted by Crippen LogP contribution is 2.13. The number of carboxylic acid groups (broad SMARTS) is 1. The molecule has 2 rings (SSSR count). The molecule has 0 radical (unpaired) electrons. The maximum absolute atomic E-state index is 11.6. The van der Waals surface area contributed by atoms with Gasteiger partial charge in [-0.15, -0.1) is 0 Å². The fourth-order valence-electron chi connectivity index (χ4n) is 2.09. The number of nitrogens with zero attached hydrogens (tertiary/aromatic N) is 2. The molecule has 0 amide bonds. The number of allylic oxidation sites excluding steroid dienone is 2. The van der Waals surface area contributed by atoms with E-state index in [2.05, 4.69) is 6.07 Å². The monoisotopic (exact) mass is 322 g/mol. The molecule has 120 valence electrons. The van der Waals surface area contributed by atoms with Crippen molar-refractivity contribution in [2.24, 2.45) is 0 Å². The molecule has 2 N–H and O–H groups in total. The number of nitriles is 1. The van der Waals surface area contributed by atoms with Crippen molar-refractivity contribution in [3.05, 3.63) is 77.3 Å². The maximum Gasteiger partial charge on any atom is 0.371 e. The number of benzene rings is 1. The van der Waals surface area contributed by atoms with Gasteiger partial charge in [0.1, 0.15) is 0 Å². The topological polar surface area (TPSA) is 103 Å². The first-order chi connectivity index (χ1) is 11.5. The lowest BCUT2D eigenvalue weighted by molar-refractivity contribution is -0.135. The molecule has 0 unspecified atom stereocenters. The lowest BCUT2D eigenvalue weighted by Crippen LogP contribution is -2.03. The van der Waals surface area contributed by atoms with E-state index in [1.54, 1.807) is 24.3 Å². The molecule has 6 heteroatoms.